The molecule has 0 radical (unpaired) electrons. The fourth-order valence-corrected chi connectivity index (χ4v) is 2.74. The second-order valence-corrected chi connectivity index (χ2v) is 5.86. The normalized spacial score (nSPS) is 10.4. The van der Waals surface area contributed by atoms with Gasteiger partial charge in [-0.1, -0.05) is 6.07 Å². The summed E-state index contributed by atoms with van der Waals surface area (Å²) in [6.07, 6.45) is 1.76. The van der Waals surface area contributed by atoms with Crippen LogP contribution in [0.25, 0.3) is 0 Å². The molecule has 4 nitrogen and oxygen atoms in total. The molecule has 1 aromatic heterocycles. The van der Waals surface area contributed by atoms with E-state index >= 15 is 0 Å². The van der Waals surface area contributed by atoms with Crippen LogP contribution in [0.1, 0.15) is 29.8 Å². The van der Waals surface area contributed by atoms with Gasteiger partial charge in [0.05, 0.1) is 5.56 Å². The van der Waals surface area contributed by atoms with Gasteiger partial charge in [0, 0.05) is 30.3 Å². The van der Waals surface area contributed by atoms with Crippen LogP contribution in [0.15, 0.2) is 41.0 Å². The molecular weight excluding hydrogens is 361 g/mol. The van der Waals surface area contributed by atoms with E-state index in [0.717, 1.165) is 24.5 Å². The number of amides is 1. The summed E-state index contributed by atoms with van der Waals surface area (Å²) in [6.45, 7) is 6.34. The number of benzene rings is 1. The average Bonchev–Trinajstić information content (AvgIpc) is 2.55. The zero-order valence-electron chi connectivity index (χ0n) is 13.1. The van der Waals surface area contributed by atoms with Crippen molar-refractivity contribution in [1.82, 2.24) is 10.3 Å². The average molecular weight is 380 g/mol. The summed E-state index contributed by atoms with van der Waals surface area (Å²) in [5.74, 6) is 0.278. The van der Waals surface area contributed by atoms with Crippen molar-refractivity contribution in [2.75, 3.05) is 18.0 Å². The van der Waals surface area contributed by atoms with Crippen molar-refractivity contribution in [3.8, 4) is 0 Å². The highest BCUT2D eigenvalue weighted by atomic mass is 79.9. The zero-order valence-corrected chi connectivity index (χ0v) is 14.7. The molecule has 1 N–H and O–H groups in total. The summed E-state index contributed by atoms with van der Waals surface area (Å²) < 4.78 is 13.5. The molecule has 23 heavy (non-hydrogen) atoms. The van der Waals surface area contributed by atoms with Crippen molar-refractivity contribution >= 4 is 27.7 Å². The van der Waals surface area contributed by atoms with Crippen molar-refractivity contribution in [2.24, 2.45) is 0 Å². The minimum absolute atomic E-state index is 0.260. The van der Waals surface area contributed by atoms with E-state index in [9.17, 15) is 9.18 Å². The molecule has 1 heterocycles. The third-order valence-electron chi connectivity index (χ3n) is 3.53. The third-order valence-corrected chi connectivity index (χ3v) is 4.18. The van der Waals surface area contributed by atoms with Crippen LogP contribution in [0.2, 0.25) is 0 Å². The van der Waals surface area contributed by atoms with Gasteiger partial charge < -0.3 is 10.2 Å². The predicted octanol–water partition coefficient (Wildman–Crippen LogP) is 3.76. The standard InChI is InChI=1S/C17H19BrFN3O/c1-3-22(4-2)16-8-5-12(10-20-16)11-21-17(23)14-7-6-13(19)9-15(14)18/h5-10H,3-4,11H2,1-2H3,(H,21,23). The molecule has 0 spiro atoms. The first kappa shape index (κ1) is 17.4. The molecule has 0 atom stereocenters. The van der Waals surface area contributed by atoms with Crippen LogP contribution < -0.4 is 10.2 Å². The Morgan fingerprint density at radius 2 is 2.00 bits per heavy atom. The topological polar surface area (TPSA) is 45.2 Å². The number of nitrogens with zero attached hydrogens (tertiary/aromatic N) is 2. The smallest absolute Gasteiger partial charge is 0.252 e. The van der Waals surface area contributed by atoms with Crippen LogP contribution in [-0.2, 0) is 6.54 Å². The van der Waals surface area contributed by atoms with E-state index in [1.165, 1.54) is 18.2 Å². The number of carbonyl (C=O) groups is 1. The van der Waals surface area contributed by atoms with E-state index in [4.69, 9.17) is 0 Å². The summed E-state index contributed by atoms with van der Waals surface area (Å²) in [5, 5.41) is 2.81. The van der Waals surface area contributed by atoms with Gasteiger partial charge in [0.25, 0.3) is 5.91 Å². The lowest BCUT2D eigenvalue weighted by molar-refractivity contribution is 0.0950. The van der Waals surface area contributed by atoms with Crippen LogP contribution in [0.3, 0.4) is 0 Å². The molecule has 0 saturated heterocycles. The van der Waals surface area contributed by atoms with E-state index in [1.807, 2.05) is 12.1 Å². The first-order valence-corrected chi connectivity index (χ1v) is 8.27. The van der Waals surface area contributed by atoms with Crippen LogP contribution >= 0.6 is 15.9 Å². The van der Waals surface area contributed by atoms with Crippen molar-refractivity contribution in [3.05, 3.63) is 57.9 Å². The summed E-state index contributed by atoms with van der Waals surface area (Å²) >= 11 is 3.20. The van der Waals surface area contributed by atoms with E-state index in [2.05, 4.69) is 45.0 Å². The SMILES string of the molecule is CCN(CC)c1ccc(CNC(=O)c2ccc(F)cc2Br)cn1. The number of halogens is 2. The van der Waals surface area contributed by atoms with E-state index < -0.39 is 0 Å². The van der Waals surface area contributed by atoms with E-state index in [0.29, 0.717) is 16.6 Å². The van der Waals surface area contributed by atoms with E-state index in [1.54, 1.807) is 6.20 Å². The van der Waals surface area contributed by atoms with Gasteiger partial charge in [-0.25, -0.2) is 9.37 Å². The first-order valence-electron chi connectivity index (χ1n) is 7.48. The lowest BCUT2D eigenvalue weighted by Crippen LogP contribution is -2.24. The molecule has 2 rings (SSSR count). The number of carbonyl (C=O) groups excluding carboxylic acids is 1. The molecule has 0 fully saturated rings. The molecule has 0 aliphatic carbocycles. The number of rotatable bonds is 6. The number of aromatic nitrogens is 1. The maximum Gasteiger partial charge on any atom is 0.252 e. The minimum Gasteiger partial charge on any atom is -0.357 e. The summed E-state index contributed by atoms with van der Waals surface area (Å²) in [7, 11) is 0. The monoisotopic (exact) mass is 379 g/mol. The second kappa shape index (κ2) is 8.06. The molecule has 122 valence electrons. The molecule has 1 aromatic carbocycles. The van der Waals surface area contributed by atoms with Crippen molar-refractivity contribution in [2.45, 2.75) is 20.4 Å². The Morgan fingerprint density at radius 3 is 2.57 bits per heavy atom. The Morgan fingerprint density at radius 1 is 1.26 bits per heavy atom. The fraction of sp³-hybridized carbons (Fsp3) is 0.294. The van der Waals surface area contributed by atoms with Gasteiger partial charge >= 0.3 is 0 Å². The van der Waals surface area contributed by atoms with Gasteiger partial charge in [-0.05, 0) is 59.6 Å². The first-order chi connectivity index (χ1) is 11.0. The lowest BCUT2D eigenvalue weighted by Gasteiger charge is -2.19. The predicted molar refractivity (Wildman–Crippen MR) is 93.1 cm³/mol. The summed E-state index contributed by atoms with van der Waals surface area (Å²) in [5.41, 5.74) is 1.31. The largest absolute Gasteiger partial charge is 0.357 e. The van der Waals surface area contributed by atoms with Gasteiger partial charge in [0.1, 0.15) is 11.6 Å². The molecule has 0 unspecified atom stereocenters. The van der Waals surface area contributed by atoms with Gasteiger partial charge in [-0.2, -0.15) is 0 Å². The van der Waals surface area contributed by atoms with Crippen LogP contribution in [0, 0.1) is 5.82 Å². The number of pyridine rings is 1. The fourth-order valence-electron chi connectivity index (χ4n) is 2.21. The Bertz CT molecular complexity index is 672. The molecular formula is C17H19BrFN3O. The van der Waals surface area contributed by atoms with Crippen LogP contribution in [0.4, 0.5) is 10.2 Å². The quantitative estimate of drug-likeness (QED) is 0.830. The van der Waals surface area contributed by atoms with Crippen molar-refractivity contribution in [3.63, 3.8) is 0 Å². The van der Waals surface area contributed by atoms with Gasteiger partial charge in [-0.3, -0.25) is 4.79 Å². The number of nitrogens with one attached hydrogen (secondary N) is 1. The highest BCUT2D eigenvalue weighted by Crippen LogP contribution is 2.18. The maximum absolute atomic E-state index is 13.0. The Labute approximate surface area is 143 Å². The molecule has 0 aliphatic heterocycles. The minimum atomic E-state index is -0.385. The highest BCUT2D eigenvalue weighted by Gasteiger charge is 2.10. The van der Waals surface area contributed by atoms with Crippen molar-refractivity contribution in [1.29, 1.82) is 0 Å². The molecule has 1 amide bonds. The Hall–Kier alpha value is -1.95. The van der Waals surface area contributed by atoms with E-state index in [-0.39, 0.29) is 11.7 Å². The Kier molecular flexibility index (Phi) is 6.10. The maximum atomic E-state index is 13.0. The molecule has 6 heteroatoms. The summed E-state index contributed by atoms with van der Waals surface area (Å²) in [6, 6.07) is 7.88. The second-order valence-electron chi connectivity index (χ2n) is 5.00. The lowest BCUT2D eigenvalue weighted by atomic mass is 10.2. The van der Waals surface area contributed by atoms with Gasteiger partial charge in [0.15, 0.2) is 0 Å². The molecule has 0 bridgehead atoms. The molecule has 2 aromatic rings. The van der Waals surface area contributed by atoms with Crippen molar-refractivity contribution < 1.29 is 9.18 Å². The van der Waals surface area contributed by atoms with Crippen LogP contribution in [0.5, 0.6) is 0 Å². The van der Waals surface area contributed by atoms with Crippen LogP contribution in [-0.4, -0.2) is 24.0 Å². The number of hydrogen-bond acceptors (Lipinski definition) is 3. The summed E-state index contributed by atoms with van der Waals surface area (Å²) in [4.78, 5) is 18.7. The Balaban J connectivity index is 1.99. The highest BCUT2D eigenvalue weighted by molar-refractivity contribution is 9.10. The van der Waals surface area contributed by atoms with Gasteiger partial charge in [-0.15, -0.1) is 0 Å². The third kappa shape index (κ3) is 4.51. The zero-order chi connectivity index (χ0) is 16.8. The molecule has 0 saturated carbocycles. The molecule has 0 aliphatic rings. The number of hydrogen-bond donors (Lipinski definition) is 1. The number of anilines is 1. The van der Waals surface area contributed by atoms with Gasteiger partial charge in [0.2, 0.25) is 0 Å².